The van der Waals surface area contributed by atoms with Gasteiger partial charge in [0.2, 0.25) is 0 Å². The summed E-state index contributed by atoms with van der Waals surface area (Å²) in [6, 6.07) is 6.23. The van der Waals surface area contributed by atoms with E-state index in [0.717, 1.165) is 28.7 Å². The lowest BCUT2D eigenvalue weighted by molar-refractivity contribution is -0.192. The summed E-state index contributed by atoms with van der Waals surface area (Å²) < 4.78 is 31.7. The molecule has 1 aromatic rings. The molecule has 0 spiro atoms. The lowest BCUT2D eigenvalue weighted by atomic mass is 10.0. The van der Waals surface area contributed by atoms with Crippen LogP contribution in [-0.2, 0) is 4.79 Å². The van der Waals surface area contributed by atoms with Crippen LogP contribution in [-0.4, -0.2) is 45.7 Å². The fourth-order valence-electron chi connectivity index (χ4n) is 2.99. The van der Waals surface area contributed by atoms with Crippen molar-refractivity contribution in [1.29, 1.82) is 5.26 Å². The zero-order valence-corrected chi connectivity index (χ0v) is 19.7. The van der Waals surface area contributed by atoms with Gasteiger partial charge in [-0.2, -0.15) is 18.4 Å². The molecule has 1 aliphatic rings. The fraction of sp³-hybridized carbons (Fsp3) is 0.571. The Morgan fingerprint density at radius 1 is 1.35 bits per heavy atom. The van der Waals surface area contributed by atoms with Crippen molar-refractivity contribution in [3.63, 3.8) is 0 Å². The van der Waals surface area contributed by atoms with Crippen LogP contribution >= 0.6 is 23.4 Å². The molecule has 172 valence electrons. The first-order valence-corrected chi connectivity index (χ1v) is 11.1. The molecular formula is C21H27ClF3N3O2S. The molecule has 0 amide bonds. The van der Waals surface area contributed by atoms with Crippen LogP contribution in [0.4, 0.5) is 18.9 Å². The first-order valence-electron chi connectivity index (χ1n) is 9.74. The van der Waals surface area contributed by atoms with Crippen LogP contribution in [0, 0.1) is 30.1 Å². The van der Waals surface area contributed by atoms with E-state index in [4.69, 9.17) is 31.8 Å². The van der Waals surface area contributed by atoms with Gasteiger partial charge in [-0.05, 0) is 42.9 Å². The predicted molar refractivity (Wildman–Crippen MR) is 119 cm³/mol. The number of carbonyl (C=O) groups is 1. The Bertz CT molecular complexity index is 828. The van der Waals surface area contributed by atoms with Gasteiger partial charge >= 0.3 is 12.1 Å². The van der Waals surface area contributed by atoms with Crippen LogP contribution in [0.3, 0.4) is 0 Å². The summed E-state index contributed by atoms with van der Waals surface area (Å²) in [6.45, 7) is 12.0. The second kappa shape index (κ2) is 11.6. The van der Waals surface area contributed by atoms with Crippen LogP contribution in [0.25, 0.3) is 0 Å². The maximum Gasteiger partial charge on any atom is 0.490 e. The number of aryl methyl sites for hydroxylation is 1. The summed E-state index contributed by atoms with van der Waals surface area (Å²) in [4.78, 5) is 16.2. The van der Waals surface area contributed by atoms with Crippen LogP contribution < -0.4 is 0 Å². The quantitative estimate of drug-likeness (QED) is 0.541. The molecule has 1 aromatic carbocycles. The summed E-state index contributed by atoms with van der Waals surface area (Å²) in [5, 5.41) is 17.8. The van der Waals surface area contributed by atoms with E-state index in [2.05, 4.69) is 38.7 Å². The van der Waals surface area contributed by atoms with Gasteiger partial charge in [-0.1, -0.05) is 51.1 Å². The van der Waals surface area contributed by atoms with E-state index < -0.39 is 12.1 Å². The fourth-order valence-corrected chi connectivity index (χ4v) is 4.51. The van der Waals surface area contributed by atoms with Gasteiger partial charge in [0.05, 0.1) is 22.3 Å². The summed E-state index contributed by atoms with van der Waals surface area (Å²) in [5.74, 6) is -0.421. The van der Waals surface area contributed by atoms with E-state index in [1.165, 1.54) is 6.42 Å². The van der Waals surface area contributed by atoms with E-state index in [0.29, 0.717) is 28.5 Å². The number of nitriles is 1. The van der Waals surface area contributed by atoms with Crippen LogP contribution in [0.5, 0.6) is 0 Å². The molecule has 1 saturated heterocycles. The van der Waals surface area contributed by atoms with Crippen molar-refractivity contribution in [2.24, 2.45) is 16.8 Å². The normalized spacial score (nSPS) is 17.7. The van der Waals surface area contributed by atoms with Crippen molar-refractivity contribution in [2.75, 3.05) is 12.3 Å². The number of carboxylic acids is 1. The minimum atomic E-state index is -5.08. The number of carboxylic acid groups (broad SMARTS) is 1. The van der Waals surface area contributed by atoms with Gasteiger partial charge in [0.25, 0.3) is 0 Å². The van der Waals surface area contributed by atoms with Crippen molar-refractivity contribution in [3.8, 4) is 6.07 Å². The molecule has 31 heavy (non-hydrogen) atoms. The van der Waals surface area contributed by atoms with Gasteiger partial charge in [-0.3, -0.25) is 0 Å². The molecule has 1 N–H and O–H groups in total. The van der Waals surface area contributed by atoms with E-state index in [-0.39, 0.29) is 0 Å². The number of rotatable bonds is 5. The minimum absolute atomic E-state index is 0.536. The van der Waals surface area contributed by atoms with E-state index in [1.807, 2.05) is 24.8 Å². The minimum Gasteiger partial charge on any atom is -0.475 e. The van der Waals surface area contributed by atoms with Gasteiger partial charge in [0, 0.05) is 18.3 Å². The Hall–Kier alpha value is -1.92. The smallest absolute Gasteiger partial charge is 0.475 e. The number of aliphatic carboxylic acids is 1. The highest BCUT2D eigenvalue weighted by Crippen LogP contribution is 2.35. The molecule has 1 fully saturated rings. The monoisotopic (exact) mass is 477 g/mol. The highest BCUT2D eigenvalue weighted by Gasteiger charge is 2.38. The number of amidine groups is 1. The molecule has 0 unspecified atom stereocenters. The van der Waals surface area contributed by atoms with Gasteiger partial charge in [-0.15, -0.1) is 0 Å². The summed E-state index contributed by atoms with van der Waals surface area (Å²) in [6.07, 6.45) is -3.90. The van der Waals surface area contributed by atoms with Crippen molar-refractivity contribution >= 4 is 40.2 Å². The summed E-state index contributed by atoms with van der Waals surface area (Å²) in [5.41, 5.74) is 2.32. The summed E-state index contributed by atoms with van der Waals surface area (Å²) in [7, 11) is 0. The number of halogens is 4. The highest BCUT2D eigenvalue weighted by atomic mass is 35.5. The number of hydrogen-bond acceptors (Lipinski definition) is 4. The average molecular weight is 478 g/mol. The molecule has 10 heteroatoms. The Morgan fingerprint density at radius 3 is 2.35 bits per heavy atom. The Balaban J connectivity index is 0.000000592. The number of hydrogen-bond donors (Lipinski definition) is 1. The van der Waals surface area contributed by atoms with Crippen LogP contribution in [0.1, 0.15) is 45.2 Å². The van der Waals surface area contributed by atoms with E-state index in [9.17, 15) is 13.2 Å². The maximum absolute atomic E-state index is 10.6. The molecule has 0 aliphatic carbocycles. The molecule has 1 heterocycles. The predicted octanol–water partition coefficient (Wildman–Crippen LogP) is 6.26. The molecule has 0 saturated carbocycles. The number of thioether (sulfide) groups is 1. The van der Waals surface area contributed by atoms with Crippen molar-refractivity contribution in [3.05, 3.63) is 28.3 Å². The number of nitrogens with zero attached hydrogens (tertiary/aromatic N) is 3. The molecule has 1 aliphatic heterocycles. The SMILES string of the molecule is Cc1cc(C#N)cc(Cl)c1/N=C1\SC[C@H](CC(C)C)N1CC(C)C.O=C(O)C(F)(F)F. The molecule has 0 radical (unpaired) electrons. The first-order chi connectivity index (χ1) is 14.3. The molecule has 1 atom stereocenters. The van der Waals surface area contributed by atoms with Crippen molar-refractivity contribution < 1.29 is 23.1 Å². The standard InChI is InChI=1S/C19H26ClN3S.C2HF3O2/c1-12(2)6-16-11-24-19(23(16)10-13(3)4)22-18-14(5)7-15(9-21)8-17(18)20;3-2(4,5)1(6)7/h7-8,12-13,16H,6,10-11H2,1-5H3;(H,6,7)/b22-19-;/t16-;/m0./s1. The number of alkyl halides is 3. The van der Waals surface area contributed by atoms with E-state index in [1.54, 1.807) is 6.07 Å². The van der Waals surface area contributed by atoms with E-state index >= 15 is 0 Å². The van der Waals surface area contributed by atoms with Gasteiger partial charge in [0.1, 0.15) is 0 Å². The molecule has 5 nitrogen and oxygen atoms in total. The number of benzene rings is 1. The lowest BCUT2D eigenvalue weighted by Crippen LogP contribution is -2.37. The third-order valence-electron chi connectivity index (χ3n) is 4.23. The molecular weight excluding hydrogens is 451 g/mol. The van der Waals surface area contributed by atoms with Gasteiger partial charge in [-0.25, -0.2) is 9.79 Å². The Morgan fingerprint density at radius 2 is 1.94 bits per heavy atom. The zero-order valence-electron chi connectivity index (χ0n) is 18.1. The third-order valence-corrected chi connectivity index (χ3v) is 5.65. The maximum atomic E-state index is 10.6. The second-order valence-electron chi connectivity index (χ2n) is 8.07. The molecule has 0 bridgehead atoms. The highest BCUT2D eigenvalue weighted by molar-refractivity contribution is 8.14. The largest absolute Gasteiger partial charge is 0.490 e. The van der Waals surface area contributed by atoms with Gasteiger partial charge < -0.3 is 10.0 Å². The van der Waals surface area contributed by atoms with Gasteiger partial charge in [0.15, 0.2) is 5.17 Å². The third kappa shape index (κ3) is 8.62. The lowest BCUT2D eigenvalue weighted by Gasteiger charge is -2.29. The summed E-state index contributed by atoms with van der Waals surface area (Å²) >= 11 is 8.20. The molecule has 2 rings (SSSR count). The number of aliphatic imine (C=N–C) groups is 1. The first kappa shape index (κ1) is 27.1. The van der Waals surface area contributed by atoms with Crippen LogP contribution in [0.2, 0.25) is 5.02 Å². The average Bonchev–Trinajstić information content (AvgIpc) is 2.97. The van der Waals surface area contributed by atoms with Crippen LogP contribution in [0.15, 0.2) is 17.1 Å². The molecule has 0 aromatic heterocycles. The van der Waals surface area contributed by atoms with Crippen molar-refractivity contribution in [2.45, 2.75) is 53.3 Å². The zero-order chi connectivity index (χ0) is 23.9. The topological polar surface area (TPSA) is 76.7 Å². The second-order valence-corrected chi connectivity index (χ2v) is 9.47. The Kier molecular flexibility index (Phi) is 10.2. The van der Waals surface area contributed by atoms with Crippen molar-refractivity contribution in [1.82, 2.24) is 4.90 Å². The Labute approximate surface area is 190 Å².